The van der Waals surface area contributed by atoms with E-state index in [4.69, 9.17) is 12.3 Å². The molecule has 33 heavy (non-hydrogen) atoms. The van der Waals surface area contributed by atoms with Crippen molar-refractivity contribution in [1.82, 2.24) is 24.2 Å². The summed E-state index contributed by atoms with van der Waals surface area (Å²) in [5.74, 6) is -2.14. The predicted octanol–water partition coefficient (Wildman–Crippen LogP) is 3.43. The SMILES string of the molecule is [C-]#[N+]c1ccc(-c2nc(C(=O)N3CC[C@H](N)C3)c(F)n2-c2ccc3cn(C)nc3c2)cc1F. The number of carbonyl (C=O) groups is 1. The molecule has 10 heteroatoms. The Labute approximate surface area is 187 Å². The fourth-order valence-corrected chi connectivity index (χ4v) is 4.09. The highest BCUT2D eigenvalue weighted by atomic mass is 19.1. The van der Waals surface area contributed by atoms with Crippen molar-refractivity contribution in [3.63, 3.8) is 0 Å². The number of halogens is 2. The number of hydrogen-bond acceptors (Lipinski definition) is 4. The average Bonchev–Trinajstić information content (AvgIpc) is 3.48. The molecule has 8 nitrogen and oxygen atoms in total. The fraction of sp³-hybridized carbons (Fsp3) is 0.217. The molecule has 3 heterocycles. The Morgan fingerprint density at radius 2 is 2.06 bits per heavy atom. The summed E-state index contributed by atoms with van der Waals surface area (Å²) in [5.41, 5.74) is 6.63. The van der Waals surface area contributed by atoms with Gasteiger partial charge in [-0.15, -0.1) is 0 Å². The van der Waals surface area contributed by atoms with Crippen LogP contribution in [0.3, 0.4) is 0 Å². The van der Waals surface area contributed by atoms with Crippen molar-refractivity contribution < 1.29 is 13.6 Å². The molecule has 0 unspecified atom stereocenters. The standard InChI is InChI=1S/C23H19F2N7O/c1-27-18-6-4-13(9-17(18)24)22-28-20(23(33)31-8-7-15(26)12-31)21(25)32(22)16-5-3-14-11-30(2)29-19(14)10-16/h3-6,9-11,15H,7-8,12,26H2,2H3/t15-/m0/s1. The maximum Gasteiger partial charge on any atom is 0.277 e. The van der Waals surface area contributed by atoms with Gasteiger partial charge in [-0.25, -0.2) is 14.2 Å². The van der Waals surface area contributed by atoms with Gasteiger partial charge in [0.25, 0.3) is 5.91 Å². The molecule has 2 aromatic carbocycles. The minimum atomic E-state index is -0.861. The largest absolute Gasteiger partial charge is 0.336 e. The maximum absolute atomic E-state index is 15.8. The van der Waals surface area contributed by atoms with Crippen molar-refractivity contribution in [2.75, 3.05) is 13.1 Å². The molecule has 166 valence electrons. The molecule has 1 aliphatic heterocycles. The molecule has 0 spiro atoms. The third-order valence-electron chi connectivity index (χ3n) is 5.73. The number of carbonyl (C=O) groups excluding carboxylic acids is 1. The van der Waals surface area contributed by atoms with E-state index in [2.05, 4.69) is 14.9 Å². The van der Waals surface area contributed by atoms with Crippen LogP contribution in [-0.2, 0) is 7.05 Å². The van der Waals surface area contributed by atoms with Crippen LogP contribution in [0.25, 0.3) is 32.8 Å². The van der Waals surface area contributed by atoms with Crippen molar-refractivity contribution in [3.8, 4) is 17.1 Å². The molecular weight excluding hydrogens is 428 g/mol. The Kier molecular flexibility index (Phi) is 4.91. The molecule has 0 aliphatic carbocycles. The molecule has 1 aliphatic rings. The second-order valence-corrected chi connectivity index (χ2v) is 8.03. The minimum absolute atomic E-state index is 0.0463. The Morgan fingerprint density at radius 3 is 2.76 bits per heavy atom. The first kappa shape index (κ1) is 20.8. The summed E-state index contributed by atoms with van der Waals surface area (Å²) in [5, 5.41) is 5.22. The lowest BCUT2D eigenvalue weighted by Crippen LogP contribution is -2.32. The predicted molar refractivity (Wildman–Crippen MR) is 118 cm³/mol. The summed E-state index contributed by atoms with van der Waals surface area (Å²) in [4.78, 5) is 21.9. The van der Waals surface area contributed by atoms with Gasteiger partial charge in [-0.1, -0.05) is 12.1 Å². The van der Waals surface area contributed by atoms with Crippen LogP contribution in [-0.4, -0.2) is 49.3 Å². The lowest BCUT2D eigenvalue weighted by Gasteiger charge is -2.14. The molecule has 0 saturated carbocycles. The van der Waals surface area contributed by atoms with Crippen LogP contribution in [0.15, 0.2) is 42.6 Å². The van der Waals surface area contributed by atoms with Gasteiger partial charge in [0.05, 0.1) is 17.8 Å². The number of nitrogens with two attached hydrogens (primary N) is 1. The van der Waals surface area contributed by atoms with E-state index in [1.54, 1.807) is 29.9 Å². The number of imidazole rings is 1. The second-order valence-electron chi connectivity index (χ2n) is 8.03. The second kappa shape index (κ2) is 7.79. The first-order chi connectivity index (χ1) is 15.9. The molecule has 0 bridgehead atoms. The number of hydrogen-bond donors (Lipinski definition) is 1. The zero-order chi connectivity index (χ0) is 23.3. The Balaban J connectivity index is 1.70. The van der Waals surface area contributed by atoms with Gasteiger partial charge in [0.15, 0.2) is 5.69 Å². The summed E-state index contributed by atoms with van der Waals surface area (Å²) in [7, 11) is 1.78. The Morgan fingerprint density at radius 1 is 1.24 bits per heavy atom. The number of amides is 1. The Hall–Kier alpha value is -4.10. The van der Waals surface area contributed by atoms with E-state index < -0.39 is 17.7 Å². The molecule has 1 atom stereocenters. The topological polar surface area (TPSA) is 86.3 Å². The Bertz CT molecular complexity index is 1450. The van der Waals surface area contributed by atoms with Crippen molar-refractivity contribution in [3.05, 3.63) is 71.5 Å². The summed E-state index contributed by atoms with van der Waals surface area (Å²) in [6.07, 6.45) is 2.45. The number of aromatic nitrogens is 4. The van der Waals surface area contributed by atoms with Gasteiger partial charge < -0.3 is 10.6 Å². The van der Waals surface area contributed by atoms with E-state index in [0.717, 1.165) is 11.5 Å². The van der Waals surface area contributed by atoms with E-state index >= 15 is 4.39 Å². The molecule has 2 N–H and O–H groups in total. The van der Waals surface area contributed by atoms with Gasteiger partial charge in [0.2, 0.25) is 11.6 Å². The van der Waals surface area contributed by atoms with Crippen molar-refractivity contribution >= 4 is 22.5 Å². The van der Waals surface area contributed by atoms with Crippen LogP contribution in [0.5, 0.6) is 0 Å². The van der Waals surface area contributed by atoms with Gasteiger partial charge in [0.1, 0.15) is 11.6 Å². The number of nitrogens with zero attached hydrogens (tertiary/aromatic N) is 6. The molecule has 1 saturated heterocycles. The quantitative estimate of drug-likeness (QED) is 0.488. The zero-order valence-corrected chi connectivity index (χ0v) is 17.7. The van der Waals surface area contributed by atoms with Crippen molar-refractivity contribution in [1.29, 1.82) is 0 Å². The molecule has 1 fully saturated rings. The monoisotopic (exact) mass is 447 g/mol. The molecule has 5 rings (SSSR count). The maximum atomic E-state index is 15.8. The van der Waals surface area contributed by atoms with Gasteiger partial charge in [-0.3, -0.25) is 14.0 Å². The number of aryl methyl sites for hydroxylation is 1. The fourth-order valence-electron chi connectivity index (χ4n) is 4.09. The van der Waals surface area contributed by atoms with E-state index in [-0.39, 0.29) is 28.8 Å². The number of likely N-dealkylation sites (tertiary alicyclic amines) is 1. The highest BCUT2D eigenvalue weighted by Crippen LogP contribution is 2.31. The van der Waals surface area contributed by atoms with Crippen molar-refractivity contribution in [2.45, 2.75) is 12.5 Å². The minimum Gasteiger partial charge on any atom is -0.336 e. The smallest absolute Gasteiger partial charge is 0.277 e. The zero-order valence-electron chi connectivity index (χ0n) is 17.7. The van der Waals surface area contributed by atoms with E-state index in [0.29, 0.717) is 30.7 Å². The summed E-state index contributed by atoms with van der Waals surface area (Å²) < 4.78 is 33.0. The number of rotatable bonds is 3. The van der Waals surface area contributed by atoms with E-state index in [1.165, 1.54) is 21.6 Å². The van der Waals surface area contributed by atoms with Crippen LogP contribution in [0.2, 0.25) is 0 Å². The van der Waals surface area contributed by atoms with Crippen LogP contribution in [0.1, 0.15) is 16.9 Å². The third-order valence-corrected chi connectivity index (χ3v) is 5.73. The molecule has 0 radical (unpaired) electrons. The van der Waals surface area contributed by atoms with Gasteiger partial charge in [0, 0.05) is 43.3 Å². The first-order valence-electron chi connectivity index (χ1n) is 10.3. The number of fused-ring (bicyclic) bond motifs is 1. The van der Waals surface area contributed by atoms with Crippen LogP contribution in [0.4, 0.5) is 14.5 Å². The highest BCUT2D eigenvalue weighted by Gasteiger charge is 2.31. The summed E-state index contributed by atoms with van der Waals surface area (Å²) in [6, 6.07) is 8.87. The van der Waals surface area contributed by atoms with E-state index in [1.807, 2.05) is 6.20 Å². The van der Waals surface area contributed by atoms with Crippen LogP contribution >= 0.6 is 0 Å². The first-order valence-corrected chi connectivity index (χ1v) is 10.3. The highest BCUT2D eigenvalue weighted by molar-refractivity contribution is 5.94. The van der Waals surface area contributed by atoms with Crippen LogP contribution in [0, 0.1) is 18.3 Å². The molecular formula is C23H19F2N7O. The normalized spacial score (nSPS) is 15.8. The molecule has 4 aromatic rings. The lowest BCUT2D eigenvalue weighted by atomic mass is 10.1. The summed E-state index contributed by atoms with van der Waals surface area (Å²) in [6.45, 7) is 7.78. The molecule has 2 aromatic heterocycles. The average molecular weight is 447 g/mol. The van der Waals surface area contributed by atoms with Crippen LogP contribution < -0.4 is 5.73 Å². The van der Waals surface area contributed by atoms with E-state index in [9.17, 15) is 9.18 Å². The van der Waals surface area contributed by atoms with Gasteiger partial charge >= 0.3 is 0 Å². The lowest BCUT2D eigenvalue weighted by molar-refractivity contribution is 0.0780. The molecule has 1 amide bonds. The third kappa shape index (κ3) is 3.52. The van der Waals surface area contributed by atoms with Gasteiger partial charge in [-0.2, -0.15) is 9.49 Å². The number of benzene rings is 2. The van der Waals surface area contributed by atoms with Gasteiger partial charge in [-0.05, 0) is 30.7 Å². The van der Waals surface area contributed by atoms with Crippen molar-refractivity contribution in [2.24, 2.45) is 12.8 Å². The summed E-state index contributed by atoms with van der Waals surface area (Å²) >= 11 is 0.